The van der Waals surface area contributed by atoms with Gasteiger partial charge in [0.2, 0.25) is 0 Å². The first-order valence-electron chi connectivity index (χ1n) is 15.8. The first-order valence-corrected chi connectivity index (χ1v) is 16.2. The fourth-order valence-electron chi connectivity index (χ4n) is 5.86. The Morgan fingerprint density at radius 2 is 1.55 bits per heavy atom. The van der Waals surface area contributed by atoms with Gasteiger partial charge in [0.15, 0.2) is 4.71 Å². The molecule has 1 heterocycles. The maximum absolute atomic E-state index is 13.1. The highest BCUT2D eigenvalue weighted by molar-refractivity contribution is 7.71. The van der Waals surface area contributed by atoms with Crippen LogP contribution in [0, 0.1) is 4.71 Å². The molecule has 1 N–H and O–H groups in total. The fourth-order valence-corrected chi connectivity index (χ4v) is 6.09. The molecule has 47 heavy (non-hydrogen) atoms. The van der Waals surface area contributed by atoms with Crippen LogP contribution in [0.3, 0.4) is 0 Å². The molecule has 0 radical (unpaired) electrons. The van der Waals surface area contributed by atoms with Crippen molar-refractivity contribution in [2.45, 2.75) is 65.2 Å². The molecule has 5 rings (SSSR count). The van der Waals surface area contributed by atoms with Crippen LogP contribution in [0.15, 0.2) is 77.2 Å². The van der Waals surface area contributed by atoms with Gasteiger partial charge in [-0.25, -0.2) is 9.59 Å². The summed E-state index contributed by atoms with van der Waals surface area (Å²) in [6.07, 6.45) is -1.30. The van der Waals surface area contributed by atoms with Crippen LogP contribution in [0.2, 0.25) is 0 Å². The molecule has 3 aromatic carbocycles. The smallest absolute Gasteiger partial charge is 0.407 e. The predicted molar refractivity (Wildman–Crippen MR) is 183 cm³/mol. The molecule has 0 bridgehead atoms. The van der Waals surface area contributed by atoms with Crippen molar-refractivity contribution in [1.29, 1.82) is 0 Å². The number of hydrogen-bond acceptors (Lipinski definition) is 9. The summed E-state index contributed by atoms with van der Waals surface area (Å²) < 4.78 is 22.8. The van der Waals surface area contributed by atoms with E-state index in [2.05, 4.69) is 24.1 Å². The van der Waals surface area contributed by atoms with Crippen molar-refractivity contribution in [3.8, 4) is 11.1 Å². The maximum atomic E-state index is 13.1. The van der Waals surface area contributed by atoms with E-state index in [4.69, 9.17) is 30.8 Å². The molecule has 0 spiro atoms. The normalized spacial score (nSPS) is 13.0. The molecule has 0 saturated heterocycles. The van der Waals surface area contributed by atoms with Crippen LogP contribution in [-0.2, 0) is 30.4 Å². The first kappa shape index (κ1) is 33.7. The van der Waals surface area contributed by atoms with Gasteiger partial charge in [0.1, 0.15) is 30.4 Å². The number of nitrogens with zero attached hydrogens (tertiary/aromatic N) is 1. The van der Waals surface area contributed by atoms with Gasteiger partial charge in [-0.1, -0.05) is 48.5 Å². The van der Waals surface area contributed by atoms with Crippen molar-refractivity contribution in [3.05, 3.63) is 94.2 Å². The lowest BCUT2D eigenvalue weighted by Crippen LogP contribution is -2.46. The molecule has 1 aliphatic rings. The van der Waals surface area contributed by atoms with Gasteiger partial charge in [0, 0.05) is 41.7 Å². The Morgan fingerprint density at radius 1 is 0.915 bits per heavy atom. The van der Waals surface area contributed by atoms with Crippen molar-refractivity contribution < 1.29 is 33.0 Å². The number of carbonyl (C=O) groups is 3. The third-order valence-corrected chi connectivity index (χ3v) is 8.23. The molecule has 1 aliphatic carbocycles. The molecule has 4 aromatic rings. The summed E-state index contributed by atoms with van der Waals surface area (Å²) in [6, 6.07) is 22.1. The fraction of sp³-hybridized carbons (Fsp3) is 0.351. The second-order valence-corrected chi connectivity index (χ2v) is 12.8. The summed E-state index contributed by atoms with van der Waals surface area (Å²) in [5, 5.41) is 3.29. The predicted octanol–water partition coefficient (Wildman–Crippen LogP) is 7.69. The van der Waals surface area contributed by atoms with E-state index in [1.807, 2.05) is 66.7 Å². The monoisotopic (exact) mass is 656 g/mol. The number of nitrogens with one attached hydrogen (secondary N) is 1. The van der Waals surface area contributed by atoms with Crippen molar-refractivity contribution in [2.75, 3.05) is 24.6 Å². The number of carbonyl (C=O) groups excluding carboxylic acids is 3. The second-order valence-electron chi connectivity index (χ2n) is 12.4. The van der Waals surface area contributed by atoms with Crippen molar-refractivity contribution in [3.63, 3.8) is 0 Å². The Bertz CT molecular complexity index is 1800. The van der Waals surface area contributed by atoms with Gasteiger partial charge < -0.3 is 28.8 Å². The number of amides is 1. The van der Waals surface area contributed by atoms with Crippen LogP contribution in [0.5, 0.6) is 0 Å². The molecule has 1 aromatic heterocycles. The van der Waals surface area contributed by atoms with E-state index >= 15 is 0 Å². The highest BCUT2D eigenvalue weighted by atomic mass is 32.1. The van der Waals surface area contributed by atoms with Gasteiger partial charge in [-0.2, -0.15) is 0 Å². The third-order valence-electron chi connectivity index (χ3n) is 8.03. The van der Waals surface area contributed by atoms with Crippen LogP contribution in [0.4, 0.5) is 10.5 Å². The lowest BCUT2D eigenvalue weighted by atomic mass is 9.98. The summed E-state index contributed by atoms with van der Waals surface area (Å²) in [5.74, 6) is -1.65. The van der Waals surface area contributed by atoms with Crippen LogP contribution in [-0.4, -0.2) is 49.4 Å². The minimum atomic E-state index is -1.33. The summed E-state index contributed by atoms with van der Waals surface area (Å²) in [4.78, 5) is 41.4. The van der Waals surface area contributed by atoms with E-state index in [1.54, 1.807) is 26.8 Å². The molecule has 1 amide bonds. The van der Waals surface area contributed by atoms with Crippen LogP contribution >= 0.6 is 12.2 Å². The Kier molecular flexibility index (Phi) is 10.3. The Balaban J connectivity index is 1.26. The summed E-state index contributed by atoms with van der Waals surface area (Å²) >= 11 is 5.34. The SMILES string of the molecule is CCN(CC)c1ccc2c(COC(=O)CC(NC(=O)OCC3c4ccccc4-c4ccccc43)C(=O)OC(C)(C)C)cc(=S)oc2c1. The number of ether oxygens (including phenoxy) is 3. The highest BCUT2D eigenvalue weighted by Crippen LogP contribution is 2.44. The zero-order chi connectivity index (χ0) is 33.7. The van der Waals surface area contributed by atoms with E-state index in [9.17, 15) is 14.4 Å². The highest BCUT2D eigenvalue weighted by Gasteiger charge is 2.32. The topological polar surface area (TPSA) is 107 Å². The molecule has 0 saturated carbocycles. The minimum absolute atomic E-state index is 0.0525. The van der Waals surface area contributed by atoms with Gasteiger partial charge in [-0.3, -0.25) is 4.79 Å². The van der Waals surface area contributed by atoms with Gasteiger partial charge in [0.25, 0.3) is 0 Å². The van der Waals surface area contributed by atoms with Crippen molar-refractivity contribution in [1.82, 2.24) is 5.32 Å². The lowest BCUT2D eigenvalue weighted by Gasteiger charge is -2.24. The van der Waals surface area contributed by atoms with E-state index < -0.39 is 36.1 Å². The standard InChI is InChI=1S/C37H40N2O7S/c1-6-39(7-2)24-16-17-25-23(18-34(47)45-32(25)19-24)21-43-33(40)20-31(35(41)46-37(3,4)5)38-36(42)44-22-30-28-14-10-8-12-26(28)27-13-9-11-15-29(27)30/h8-19,30-31H,6-7,20-22H2,1-5H3,(H,38,42). The molecule has 0 fully saturated rings. The number of benzene rings is 3. The third kappa shape index (κ3) is 8.00. The minimum Gasteiger partial charge on any atom is -0.461 e. The molecular weight excluding hydrogens is 616 g/mol. The van der Waals surface area contributed by atoms with Crippen molar-refractivity contribution in [2.24, 2.45) is 0 Å². The van der Waals surface area contributed by atoms with Gasteiger partial charge in [-0.05, 0) is 87.3 Å². The molecule has 1 unspecified atom stereocenters. The molecular formula is C37H40N2O7S. The molecule has 10 heteroatoms. The Hall–Kier alpha value is -4.70. The van der Waals surface area contributed by atoms with Gasteiger partial charge in [0.05, 0.1) is 6.42 Å². The van der Waals surface area contributed by atoms with Gasteiger partial charge in [-0.15, -0.1) is 0 Å². The largest absolute Gasteiger partial charge is 0.461 e. The van der Waals surface area contributed by atoms with E-state index in [-0.39, 0.29) is 23.8 Å². The zero-order valence-electron chi connectivity index (χ0n) is 27.3. The number of rotatable bonds is 11. The average molecular weight is 657 g/mol. The van der Waals surface area contributed by atoms with E-state index in [0.29, 0.717) is 11.1 Å². The van der Waals surface area contributed by atoms with Crippen molar-refractivity contribution >= 4 is 46.9 Å². The summed E-state index contributed by atoms with van der Waals surface area (Å²) in [6.45, 7) is 10.9. The number of hydrogen-bond donors (Lipinski definition) is 1. The summed E-state index contributed by atoms with van der Waals surface area (Å²) in [5.41, 5.74) is 5.69. The Morgan fingerprint density at radius 3 is 2.17 bits per heavy atom. The van der Waals surface area contributed by atoms with Crippen LogP contribution in [0.25, 0.3) is 22.1 Å². The Labute approximate surface area is 279 Å². The van der Waals surface area contributed by atoms with E-state index in [1.165, 1.54) is 0 Å². The molecule has 0 aliphatic heterocycles. The number of anilines is 1. The number of fused-ring (bicyclic) bond motifs is 4. The second kappa shape index (κ2) is 14.4. The first-order chi connectivity index (χ1) is 22.5. The lowest BCUT2D eigenvalue weighted by molar-refractivity contribution is -0.161. The zero-order valence-corrected chi connectivity index (χ0v) is 28.1. The van der Waals surface area contributed by atoms with E-state index in [0.717, 1.165) is 46.4 Å². The van der Waals surface area contributed by atoms with Gasteiger partial charge >= 0.3 is 18.0 Å². The maximum Gasteiger partial charge on any atom is 0.407 e. The quantitative estimate of drug-likeness (QED) is 0.0988. The number of alkyl carbamates (subject to hydrolysis) is 1. The molecule has 9 nitrogen and oxygen atoms in total. The molecule has 246 valence electrons. The molecule has 1 atom stereocenters. The average Bonchev–Trinajstić information content (AvgIpc) is 3.35. The van der Waals surface area contributed by atoms with Crippen LogP contribution < -0.4 is 10.2 Å². The summed E-state index contributed by atoms with van der Waals surface area (Å²) in [7, 11) is 0. The van der Waals surface area contributed by atoms with Crippen LogP contribution in [0.1, 0.15) is 63.6 Å². The number of esters is 2.